The molecule has 0 fully saturated rings. The molecule has 2 heterocycles. The highest BCUT2D eigenvalue weighted by Gasteiger charge is 2.25. The van der Waals surface area contributed by atoms with Gasteiger partial charge in [0, 0.05) is 14.1 Å². The molecule has 0 aromatic carbocycles. The molecule has 0 spiro atoms. The first kappa shape index (κ1) is 8.10. The predicted molar refractivity (Wildman–Crippen MR) is 50.2 cm³/mol. The van der Waals surface area contributed by atoms with Crippen LogP contribution in [-0.2, 0) is 7.05 Å². The van der Waals surface area contributed by atoms with Gasteiger partial charge in [0.1, 0.15) is 0 Å². The fraction of sp³-hybridized carbons (Fsp3) is 0.500. The number of aryl methyl sites for hydroxylation is 1. The van der Waals surface area contributed by atoms with Gasteiger partial charge in [0.05, 0.1) is 30.8 Å². The van der Waals surface area contributed by atoms with E-state index in [0.29, 0.717) is 5.96 Å². The van der Waals surface area contributed by atoms with Gasteiger partial charge in [-0.15, -0.1) is 0 Å². The van der Waals surface area contributed by atoms with E-state index in [0.717, 1.165) is 12.2 Å². The molecule has 5 nitrogen and oxygen atoms in total. The van der Waals surface area contributed by atoms with E-state index in [1.54, 1.807) is 6.33 Å². The Balaban J connectivity index is 2.26. The fourth-order valence-corrected chi connectivity index (χ4v) is 1.55. The molecule has 0 radical (unpaired) electrons. The van der Waals surface area contributed by atoms with Crippen LogP contribution >= 0.6 is 0 Å². The molecule has 1 aliphatic heterocycles. The average molecular weight is 179 g/mol. The van der Waals surface area contributed by atoms with Crippen molar-refractivity contribution in [2.24, 2.45) is 17.8 Å². The summed E-state index contributed by atoms with van der Waals surface area (Å²) in [6.07, 6.45) is 3.65. The van der Waals surface area contributed by atoms with Crippen LogP contribution in [0, 0.1) is 0 Å². The lowest BCUT2D eigenvalue weighted by atomic mass is 10.2. The summed E-state index contributed by atoms with van der Waals surface area (Å²) >= 11 is 0. The summed E-state index contributed by atoms with van der Waals surface area (Å²) < 4.78 is 2.00. The van der Waals surface area contributed by atoms with Crippen molar-refractivity contribution >= 4 is 5.96 Å². The molecule has 70 valence electrons. The van der Waals surface area contributed by atoms with Crippen molar-refractivity contribution in [1.29, 1.82) is 0 Å². The predicted octanol–water partition coefficient (Wildman–Crippen LogP) is -0.279. The van der Waals surface area contributed by atoms with E-state index in [1.165, 1.54) is 0 Å². The third-order valence-electron chi connectivity index (χ3n) is 2.45. The first-order valence-corrected chi connectivity index (χ1v) is 4.19. The molecule has 5 heteroatoms. The second-order valence-electron chi connectivity index (χ2n) is 3.26. The molecule has 13 heavy (non-hydrogen) atoms. The first-order valence-electron chi connectivity index (χ1n) is 4.19. The van der Waals surface area contributed by atoms with Crippen molar-refractivity contribution < 1.29 is 0 Å². The smallest absolute Gasteiger partial charge is 0.191 e. The zero-order valence-electron chi connectivity index (χ0n) is 7.81. The lowest BCUT2D eigenvalue weighted by Crippen LogP contribution is -2.33. The lowest BCUT2D eigenvalue weighted by molar-refractivity contribution is 0.397. The Morgan fingerprint density at radius 3 is 2.77 bits per heavy atom. The number of imidazole rings is 1. The van der Waals surface area contributed by atoms with Crippen molar-refractivity contribution in [3.63, 3.8) is 0 Å². The molecule has 2 N–H and O–H groups in total. The van der Waals surface area contributed by atoms with Crippen LogP contribution in [0.3, 0.4) is 0 Å². The average Bonchev–Trinajstić information content (AvgIpc) is 2.62. The van der Waals surface area contributed by atoms with Crippen molar-refractivity contribution in [1.82, 2.24) is 14.5 Å². The van der Waals surface area contributed by atoms with Gasteiger partial charge < -0.3 is 15.2 Å². The van der Waals surface area contributed by atoms with E-state index < -0.39 is 0 Å². The van der Waals surface area contributed by atoms with Gasteiger partial charge in [-0.05, 0) is 0 Å². The number of guanidine groups is 1. The second-order valence-corrected chi connectivity index (χ2v) is 3.26. The summed E-state index contributed by atoms with van der Waals surface area (Å²) in [6, 6.07) is 0.243. The summed E-state index contributed by atoms with van der Waals surface area (Å²) in [4.78, 5) is 10.2. The van der Waals surface area contributed by atoms with Crippen molar-refractivity contribution in [3.05, 3.63) is 18.2 Å². The quantitative estimate of drug-likeness (QED) is 0.645. The Labute approximate surface area is 76.9 Å². The minimum atomic E-state index is 0.243. The van der Waals surface area contributed by atoms with Crippen LogP contribution in [0.5, 0.6) is 0 Å². The van der Waals surface area contributed by atoms with Crippen LogP contribution < -0.4 is 5.73 Å². The molecule has 0 bridgehead atoms. The van der Waals surface area contributed by atoms with Crippen LogP contribution in [0.2, 0.25) is 0 Å². The van der Waals surface area contributed by atoms with Gasteiger partial charge in [-0.2, -0.15) is 0 Å². The molecular formula is C8H13N5. The van der Waals surface area contributed by atoms with Gasteiger partial charge in [0.15, 0.2) is 5.96 Å². The minimum Gasteiger partial charge on any atom is -0.370 e. The summed E-state index contributed by atoms with van der Waals surface area (Å²) in [7, 11) is 3.92. The number of aliphatic imine (C=N–C) groups is 1. The molecule has 2 rings (SSSR count). The van der Waals surface area contributed by atoms with Crippen LogP contribution in [0.1, 0.15) is 11.7 Å². The van der Waals surface area contributed by atoms with E-state index in [1.807, 2.05) is 29.8 Å². The molecule has 0 saturated carbocycles. The van der Waals surface area contributed by atoms with Gasteiger partial charge in [0.25, 0.3) is 0 Å². The fourth-order valence-electron chi connectivity index (χ4n) is 1.55. The van der Waals surface area contributed by atoms with Crippen LogP contribution in [0.4, 0.5) is 0 Å². The van der Waals surface area contributed by atoms with Gasteiger partial charge in [-0.1, -0.05) is 0 Å². The lowest BCUT2D eigenvalue weighted by Gasteiger charge is -2.21. The molecule has 1 aromatic rings. The van der Waals surface area contributed by atoms with Gasteiger partial charge in [-0.25, -0.2) is 4.98 Å². The number of likely N-dealkylation sites (N-methyl/N-ethyl adjacent to an activating group) is 1. The number of nitrogens with zero attached hydrogens (tertiary/aromatic N) is 4. The van der Waals surface area contributed by atoms with E-state index >= 15 is 0 Å². The molecule has 1 unspecified atom stereocenters. The molecule has 1 aromatic heterocycles. The number of hydrogen-bond acceptors (Lipinski definition) is 4. The first-order chi connectivity index (χ1) is 6.20. The normalized spacial score (nSPS) is 22.2. The summed E-state index contributed by atoms with van der Waals surface area (Å²) in [5.41, 5.74) is 6.82. The number of aromatic nitrogens is 2. The Morgan fingerprint density at radius 2 is 2.31 bits per heavy atom. The second kappa shape index (κ2) is 2.76. The van der Waals surface area contributed by atoms with Crippen LogP contribution in [0.25, 0.3) is 0 Å². The third-order valence-corrected chi connectivity index (χ3v) is 2.45. The molecular weight excluding hydrogens is 166 g/mol. The van der Waals surface area contributed by atoms with Crippen LogP contribution in [0.15, 0.2) is 17.5 Å². The SMILES string of the molecule is CN1C(N)=NCC1c1cncn1C. The topological polar surface area (TPSA) is 59.4 Å². The highest BCUT2D eigenvalue weighted by atomic mass is 15.3. The molecule has 0 saturated heterocycles. The number of hydrogen-bond donors (Lipinski definition) is 1. The van der Waals surface area contributed by atoms with Crippen molar-refractivity contribution in [2.45, 2.75) is 6.04 Å². The molecule has 0 aliphatic carbocycles. The Kier molecular flexibility index (Phi) is 1.72. The zero-order chi connectivity index (χ0) is 9.42. The van der Waals surface area contributed by atoms with Gasteiger partial charge >= 0.3 is 0 Å². The largest absolute Gasteiger partial charge is 0.370 e. The van der Waals surface area contributed by atoms with E-state index in [9.17, 15) is 0 Å². The van der Waals surface area contributed by atoms with Crippen LogP contribution in [-0.4, -0.2) is 34.0 Å². The molecule has 1 atom stereocenters. The maximum atomic E-state index is 5.67. The Morgan fingerprint density at radius 1 is 1.54 bits per heavy atom. The zero-order valence-corrected chi connectivity index (χ0v) is 7.81. The molecule has 1 aliphatic rings. The van der Waals surface area contributed by atoms with Crippen molar-refractivity contribution in [3.8, 4) is 0 Å². The maximum absolute atomic E-state index is 5.67. The maximum Gasteiger partial charge on any atom is 0.191 e. The third kappa shape index (κ3) is 1.16. The van der Waals surface area contributed by atoms with E-state index in [-0.39, 0.29) is 6.04 Å². The summed E-state index contributed by atoms with van der Waals surface area (Å²) in [5, 5.41) is 0. The van der Waals surface area contributed by atoms with E-state index in [4.69, 9.17) is 5.73 Å². The Bertz CT molecular complexity index is 340. The van der Waals surface area contributed by atoms with E-state index in [2.05, 4.69) is 9.98 Å². The number of rotatable bonds is 1. The summed E-state index contributed by atoms with van der Waals surface area (Å²) in [5.74, 6) is 0.603. The molecule has 0 amide bonds. The van der Waals surface area contributed by atoms with Gasteiger partial charge in [-0.3, -0.25) is 4.99 Å². The Hall–Kier alpha value is -1.52. The number of nitrogens with two attached hydrogens (primary N) is 1. The highest BCUT2D eigenvalue weighted by molar-refractivity contribution is 5.80. The monoisotopic (exact) mass is 179 g/mol. The van der Waals surface area contributed by atoms with Crippen molar-refractivity contribution in [2.75, 3.05) is 13.6 Å². The van der Waals surface area contributed by atoms with Gasteiger partial charge in [0.2, 0.25) is 0 Å². The standard InChI is InChI=1S/C8H13N5/c1-12-5-10-3-6(12)7-4-11-8(9)13(7)2/h3,5,7H,4H2,1-2H3,(H2,9,11). The highest BCUT2D eigenvalue weighted by Crippen LogP contribution is 2.22. The minimum absolute atomic E-state index is 0.243. The summed E-state index contributed by atoms with van der Waals surface area (Å²) in [6.45, 7) is 0.724.